The third-order valence-corrected chi connectivity index (χ3v) is 5.05. The molecule has 1 unspecified atom stereocenters. The lowest BCUT2D eigenvalue weighted by Gasteiger charge is -2.23. The fraction of sp³-hybridized carbons (Fsp3) is 0.267. The highest BCUT2D eigenvalue weighted by Crippen LogP contribution is 2.36. The highest BCUT2D eigenvalue weighted by Gasteiger charge is 2.24. The van der Waals surface area contributed by atoms with Crippen molar-refractivity contribution in [3.05, 3.63) is 44.8 Å². The SMILES string of the molecule is CC(C)C(c1cccs1)n1c(N)nc2cc(F)c(Br)cc21. The van der Waals surface area contributed by atoms with Crippen molar-refractivity contribution in [3.63, 3.8) is 0 Å². The minimum atomic E-state index is -0.329. The zero-order chi connectivity index (χ0) is 15.1. The molecule has 0 aliphatic carbocycles. The minimum Gasteiger partial charge on any atom is -0.369 e. The van der Waals surface area contributed by atoms with E-state index in [0.29, 0.717) is 21.9 Å². The van der Waals surface area contributed by atoms with Crippen LogP contribution in [-0.4, -0.2) is 9.55 Å². The van der Waals surface area contributed by atoms with E-state index in [2.05, 4.69) is 46.2 Å². The lowest BCUT2D eigenvalue weighted by Crippen LogP contribution is -2.17. The predicted molar refractivity (Wildman–Crippen MR) is 89.1 cm³/mol. The lowest BCUT2D eigenvalue weighted by atomic mass is 10.0. The molecule has 2 aromatic heterocycles. The average Bonchev–Trinajstić information content (AvgIpc) is 3.01. The van der Waals surface area contributed by atoms with Crippen LogP contribution in [0, 0.1) is 11.7 Å². The largest absolute Gasteiger partial charge is 0.369 e. The summed E-state index contributed by atoms with van der Waals surface area (Å²) in [5.74, 6) is 0.422. The number of fused-ring (bicyclic) bond motifs is 1. The number of hydrogen-bond donors (Lipinski definition) is 1. The van der Waals surface area contributed by atoms with Gasteiger partial charge >= 0.3 is 0 Å². The van der Waals surface area contributed by atoms with E-state index < -0.39 is 0 Å². The van der Waals surface area contributed by atoms with Gasteiger partial charge in [0.15, 0.2) is 0 Å². The van der Waals surface area contributed by atoms with Gasteiger partial charge in [0.2, 0.25) is 5.95 Å². The topological polar surface area (TPSA) is 43.8 Å². The lowest BCUT2D eigenvalue weighted by molar-refractivity contribution is 0.457. The monoisotopic (exact) mass is 367 g/mol. The Labute approximate surface area is 134 Å². The van der Waals surface area contributed by atoms with Gasteiger partial charge < -0.3 is 10.3 Å². The van der Waals surface area contributed by atoms with E-state index in [4.69, 9.17) is 5.73 Å². The van der Waals surface area contributed by atoms with E-state index >= 15 is 0 Å². The van der Waals surface area contributed by atoms with Crippen molar-refractivity contribution in [2.24, 2.45) is 5.92 Å². The van der Waals surface area contributed by atoms with Gasteiger partial charge in [-0.25, -0.2) is 9.37 Å². The van der Waals surface area contributed by atoms with Crippen molar-refractivity contribution in [3.8, 4) is 0 Å². The van der Waals surface area contributed by atoms with Crippen molar-refractivity contribution in [2.45, 2.75) is 19.9 Å². The summed E-state index contributed by atoms with van der Waals surface area (Å²) in [6, 6.07) is 7.38. The van der Waals surface area contributed by atoms with E-state index in [-0.39, 0.29) is 11.9 Å². The molecule has 3 nitrogen and oxygen atoms in total. The van der Waals surface area contributed by atoms with Gasteiger partial charge in [-0.05, 0) is 39.4 Å². The van der Waals surface area contributed by atoms with Crippen LogP contribution in [0.3, 0.4) is 0 Å². The van der Waals surface area contributed by atoms with E-state index in [9.17, 15) is 4.39 Å². The molecule has 0 bridgehead atoms. The molecule has 0 saturated heterocycles. The number of aromatic nitrogens is 2. The molecule has 0 aliphatic heterocycles. The molecule has 0 amide bonds. The van der Waals surface area contributed by atoms with E-state index in [1.54, 1.807) is 17.4 Å². The van der Waals surface area contributed by atoms with Gasteiger partial charge in [0, 0.05) is 10.9 Å². The van der Waals surface area contributed by atoms with Crippen LogP contribution in [0.5, 0.6) is 0 Å². The Kier molecular flexibility index (Phi) is 3.75. The van der Waals surface area contributed by atoms with Crippen LogP contribution in [0.2, 0.25) is 0 Å². The van der Waals surface area contributed by atoms with E-state index in [1.807, 2.05) is 10.6 Å². The van der Waals surface area contributed by atoms with Crippen molar-refractivity contribution in [2.75, 3.05) is 5.73 Å². The Morgan fingerprint density at radius 3 is 2.76 bits per heavy atom. The molecule has 3 aromatic rings. The number of nitrogens with two attached hydrogens (primary N) is 1. The highest BCUT2D eigenvalue weighted by atomic mass is 79.9. The second kappa shape index (κ2) is 5.42. The Balaban J connectivity index is 2.27. The first kappa shape index (κ1) is 14.5. The number of imidazole rings is 1. The highest BCUT2D eigenvalue weighted by molar-refractivity contribution is 9.10. The Morgan fingerprint density at radius 1 is 1.38 bits per heavy atom. The average molecular weight is 368 g/mol. The first-order valence-corrected chi connectivity index (χ1v) is 8.32. The zero-order valence-corrected chi connectivity index (χ0v) is 14.1. The summed E-state index contributed by atoms with van der Waals surface area (Å²) in [7, 11) is 0. The first-order chi connectivity index (χ1) is 9.99. The molecule has 21 heavy (non-hydrogen) atoms. The normalized spacial score (nSPS) is 13.2. The van der Waals surface area contributed by atoms with Crippen molar-refractivity contribution in [1.29, 1.82) is 0 Å². The molecule has 1 atom stereocenters. The molecule has 2 N–H and O–H groups in total. The number of hydrogen-bond acceptors (Lipinski definition) is 3. The molecule has 0 aliphatic rings. The number of benzene rings is 1. The Morgan fingerprint density at radius 2 is 2.14 bits per heavy atom. The van der Waals surface area contributed by atoms with Gasteiger partial charge in [0.1, 0.15) is 5.82 Å². The van der Waals surface area contributed by atoms with Crippen LogP contribution in [-0.2, 0) is 0 Å². The van der Waals surface area contributed by atoms with Gasteiger partial charge in [-0.1, -0.05) is 19.9 Å². The molecule has 2 heterocycles. The molecule has 0 spiro atoms. The van der Waals surface area contributed by atoms with Gasteiger partial charge in [-0.2, -0.15) is 0 Å². The van der Waals surface area contributed by atoms with Crippen LogP contribution < -0.4 is 5.73 Å². The Bertz CT molecular complexity index is 780. The summed E-state index contributed by atoms with van der Waals surface area (Å²) in [6.07, 6.45) is 0. The van der Waals surface area contributed by atoms with Crippen LogP contribution in [0.25, 0.3) is 11.0 Å². The fourth-order valence-corrected chi connectivity index (χ4v) is 3.93. The molecular weight excluding hydrogens is 353 g/mol. The van der Waals surface area contributed by atoms with E-state index in [0.717, 1.165) is 5.52 Å². The summed E-state index contributed by atoms with van der Waals surface area (Å²) < 4.78 is 16.1. The number of anilines is 1. The third-order valence-electron chi connectivity index (χ3n) is 3.50. The quantitative estimate of drug-likeness (QED) is 0.720. The maximum absolute atomic E-state index is 13.7. The third kappa shape index (κ3) is 2.46. The summed E-state index contributed by atoms with van der Waals surface area (Å²) >= 11 is 4.93. The molecule has 0 radical (unpaired) electrons. The van der Waals surface area contributed by atoms with Crippen molar-refractivity contribution >= 4 is 44.2 Å². The molecule has 110 valence electrons. The number of halogens is 2. The molecule has 0 saturated carbocycles. The molecule has 6 heteroatoms. The molecular formula is C15H15BrFN3S. The van der Waals surface area contributed by atoms with Gasteiger partial charge in [0.05, 0.1) is 21.5 Å². The van der Waals surface area contributed by atoms with Gasteiger partial charge in [0.25, 0.3) is 0 Å². The summed E-state index contributed by atoms with van der Waals surface area (Å²) in [5, 5.41) is 2.05. The van der Waals surface area contributed by atoms with Gasteiger partial charge in [-0.15, -0.1) is 11.3 Å². The van der Waals surface area contributed by atoms with Crippen LogP contribution in [0.15, 0.2) is 34.1 Å². The van der Waals surface area contributed by atoms with Crippen molar-refractivity contribution < 1.29 is 4.39 Å². The second-order valence-electron chi connectivity index (χ2n) is 5.30. The molecule has 3 rings (SSSR count). The maximum Gasteiger partial charge on any atom is 0.201 e. The van der Waals surface area contributed by atoms with Gasteiger partial charge in [-0.3, -0.25) is 0 Å². The number of thiophene rings is 1. The minimum absolute atomic E-state index is 0.0901. The van der Waals surface area contributed by atoms with Crippen molar-refractivity contribution in [1.82, 2.24) is 9.55 Å². The Hall–Kier alpha value is -1.40. The smallest absolute Gasteiger partial charge is 0.201 e. The zero-order valence-electron chi connectivity index (χ0n) is 11.7. The second-order valence-corrected chi connectivity index (χ2v) is 7.13. The van der Waals surface area contributed by atoms with E-state index in [1.165, 1.54) is 10.9 Å². The maximum atomic E-state index is 13.7. The van der Waals surface area contributed by atoms with Crippen LogP contribution in [0.1, 0.15) is 24.8 Å². The number of nitrogen functional groups attached to an aromatic ring is 1. The molecule has 1 aromatic carbocycles. The number of rotatable bonds is 3. The standard InChI is InChI=1S/C15H15BrFN3S/c1-8(2)14(13-4-3-5-21-13)20-12-6-9(16)10(17)7-11(12)19-15(20)18/h3-8,14H,1-2H3,(H2,18,19). The number of nitrogens with zero attached hydrogens (tertiary/aromatic N) is 2. The van der Waals surface area contributed by atoms with Crippen LogP contribution >= 0.6 is 27.3 Å². The molecule has 0 fully saturated rings. The fourth-order valence-electron chi connectivity index (χ4n) is 2.61. The summed E-state index contributed by atoms with van der Waals surface area (Å²) in [4.78, 5) is 5.53. The summed E-state index contributed by atoms with van der Waals surface area (Å²) in [6.45, 7) is 4.29. The predicted octanol–water partition coefficient (Wildman–Crippen LogP) is 4.83. The van der Waals surface area contributed by atoms with Crippen LogP contribution in [0.4, 0.5) is 10.3 Å². The first-order valence-electron chi connectivity index (χ1n) is 6.65. The summed E-state index contributed by atoms with van der Waals surface area (Å²) in [5.41, 5.74) is 7.54.